The van der Waals surface area contributed by atoms with Crippen LogP contribution in [0, 0.1) is 17.8 Å². The van der Waals surface area contributed by atoms with Crippen LogP contribution in [0.4, 0.5) is 0 Å². The van der Waals surface area contributed by atoms with Gasteiger partial charge < -0.3 is 0 Å². The monoisotopic (exact) mass is 310 g/mol. The molecule has 0 radical (unpaired) electrons. The smallest absolute Gasteiger partial charge is 0.267 e. The molecule has 0 aliphatic heterocycles. The molecule has 5 heteroatoms. The first kappa shape index (κ1) is 13.9. The van der Waals surface area contributed by atoms with Gasteiger partial charge in [0.15, 0.2) is 0 Å². The minimum Gasteiger partial charge on any atom is -0.267 e. The van der Waals surface area contributed by atoms with Gasteiger partial charge in [0.05, 0.1) is 10.6 Å². The Kier molecular flexibility index (Phi) is 3.99. The summed E-state index contributed by atoms with van der Waals surface area (Å²) < 4.78 is 0. The van der Waals surface area contributed by atoms with Gasteiger partial charge in [-0.2, -0.15) is 5.10 Å². The Morgan fingerprint density at radius 3 is 2.80 bits per heavy atom. The zero-order chi connectivity index (χ0) is 14.1. The number of carbonyl (C=O) groups excluding carboxylic acids is 1. The van der Waals surface area contributed by atoms with Gasteiger partial charge in [-0.05, 0) is 55.2 Å². The number of halogens is 2. The van der Waals surface area contributed by atoms with Crippen LogP contribution in [-0.2, 0) is 0 Å². The molecule has 3 rings (SSSR count). The molecule has 1 aromatic rings. The zero-order valence-corrected chi connectivity index (χ0v) is 12.5. The van der Waals surface area contributed by atoms with Crippen molar-refractivity contribution in [1.82, 2.24) is 5.43 Å². The van der Waals surface area contributed by atoms with Crippen LogP contribution < -0.4 is 5.43 Å². The molecule has 0 spiro atoms. The zero-order valence-electron chi connectivity index (χ0n) is 11.0. The van der Waals surface area contributed by atoms with Crippen molar-refractivity contribution in [3.05, 3.63) is 33.8 Å². The van der Waals surface area contributed by atoms with Crippen molar-refractivity contribution in [3.63, 3.8) is 0 Å². The highest BCUT2D eigenvalue weighted by Crippen LogP contribution is 2.47. The quantitative estimate of drug-likeness (QED) is 0.661. The predicted molar refractivity (Wildman–Crippen MR) is 81.4 cm³/mol. The summed E-state index contributed by atoms with van der Waals surface area (Å²) in [7, 11) is 0. The van der Waals surface area contributed by atoms with Crippen LogP contribution in [0.2, 0.25) is 10.0 Å². The fraction of sp³-hybridized carbons (Fsp3) is 0.467. The van der Waals surface area contributed by atoms with E-state index in [0.29, 0.717) is 21.5 Å². The molecule has 0 saturated heterocycles. The molecule has 1 amide bonds. The minimum absolute atomic E-state index is 0.300. The Balaban J connectivity index is 1.59. The number of hydrogen-bond acceptors (Lipinski definition) is 2. The molecule has 2 aliphatic carbocycles. The lowest BCUT2D eigenvalue weighted by atomic mass is 9.90. The summed E-state index contributed by atoms with van der Waals surface area (Å²) in [6.45, 7) is 0. The predicted octanol–water partition coefficient (Wildman–Crippen LogP) is 4.15. The third-order valence-electron chi connectivity index (χ3n) is 4.40. The van der Waals surface area contributed by atoms with Gasteiger partial charge >= 0.3 is 0 Å². The molecule has 2 bridgehead atoms. The summed E-state index contributed by atoms with van der Waals surface area (Å²) in [6, 6.07) is 4.80. The van der Waals surface area contributed by atoms with Crippen LogP contribution in [0.5, 0.6) is 0 Å². The van der Waals surface area contributed by atoms with E-state index in [2.05, 4.69) is 10.5 Å². The molecule has 106 valence electrons. The van der Waals surface area contributed by atoms with Crippen molar-refractivity contribution in [1.29, 1.82) is 0 Å². The maximum Gasteiger partial charge on any atom is 0.272 e. The second-order valence-electron chi connectivity index (χ2n) is 5.68. The average molecular weight is 311 g/mol. The second kappa shape index (κ2) is 5.74. The van der Waals surface area contributed by atoms with Gasteiger partial charge in [0.25, 0.3) is 5.91 Å². The van der Waals surface area contributed by atoms with E-state index in [9.17, 15) is 4.79 Å². The number of amides is 1. The van der Waals surface area contributed by atoms with Crippen molar-refractivity contribution >= 4 is 35.3 Å². The van der Waals surface area contributed by atoms with E-state index in [4.69, 9.17) is 23.2 Å². The summed E-state index contributed by atoms with van der Waals surface area (Å²) in [5.41, 5.74) is 2.94. The maximum absolute atomic E-state index is 12.0. The highest BCUT2D eigenvalue weighted by atomic mass is 35.5. The average Bonchev–Trinajstić information content (AvgIpc) is 3.00. The molecular weight excluding hydrogens is 295 g/mol. The summed E-state index contributed by atoms with van der Waals surface area (Å²) in [5, 5.41) is 4.95. The molecule has 1 aromatic carbocycles. The van der Waals surface area contributed by atoms with E-state index in [1.54, 1.807) is 18.2 Å². The van der Waals surface area contributed by atoms with Crippen LogP contribution in [0.25, 0.3) is 0 Å². The van der Waals surface area contributed by atoms with Crippen LogP contribution >= 0.6 is 23.2 Å². The van der Waals surface area contributed by atoms with Gasteiger partial charge in [-0.1, -0.05) is 29.6 Å². The summed E-state index contributed by atoms with van der Waals surface area (Å²) >= 11 is 11.8. The summed E-state index contributed by atoms with van der Waals surface area (Å²) in [5.74, 6) is 1.86. The van der Waals surface area contributed by atoms with E-state index < -0.39 is 0 Å². The number of rotatable bonds is 3. The van der Waals surface area contributed by atoms with Crippen molar-refractivity contribution < 1.29 is 4.79 Å². The number of hydrazone groups is 1. The molecule has 3 atom stereocenters. The van der Waals surface area contributed by atoms with Crippen LogP contribution in [0.3, 0.4) is 0 Å². The number of hydrogen-bond donors (Lipinski definition) is 1. The Morgan fingerprint density at radius 2 is 2.15 bits per heavy atom. The van der Waals surface area contributed by atoms with Gasteiger partial charge in [0.1, 0.15) is 0 Å². The minimum atomic E-state index is -0.300. The SMILES string of the molecule is O=C(N/N=C\[C@H]1C[C@@H]2CC[C@H]1C2)c1ccc(Cl)cc1Cl. The molecule has 20 heavy (non-hydrogen) atoms. The Labute approximate surface area is 128 Å². The van der Waals surface area contributed by atoms with Crippen LogP contribution in [-0.4, -0.2) is 12.1 Å². The highest BCUT2D eigenvalue weighted by Gasteiger charge is 2.38. The fourth-order valence-corrected chi connectivity index (χ4v) is 3.90. The van der Waals surface area contributed by atoms with Crippen molar-refractivity contribution in [3.8, 4) is 0 Å². The van der Waals surface area contributed by atoms with E-state index in [-0.39, 0.29) is 5.91 Å². The summed E-state index contributed by atoms with van der Waals surface area (Å²) in [6.07, 6.45) is 7.10. The molecule has 2 aliphatic rings. The largest absolute Gasteiger partial charge is 0.272 e. The molecule has 1 N–H and O–H groups in total. The maximum atomic E-state index is 12.0. The lowest BCUT2D eigenvalue weighted by molar-refractivity contribution is 0.0955. The van der Waals surface area contributed by atoms with E-state index in [1.807, 2.05) is 6.21 Å². The lowest BCUT2D eigenvalue weighted by Gasteiger charge is -2.16. The van der Waals surface area contributed by atoms with Gasteiger partial charge in [-0.3, -0.25) is 4.79 Å². The van der Waals surface area contributed by atoms with Crippen LogP contribution in [0.1, 0.15) is 36.0 Å². The molecule has 0 aromatic heterocycles. The molecule has 0 heterocycles. The third-order valence-corrected chi connectivity index (χ3v) is 4.95. The molecule has 2 fully saturated rings. The summed E-state index contributed by atoms with van der Waals surface area (Å²) in [4.78, 5) is 12.0. The van der Waals surface area contributed by atoms with Gasteiger partial charge in [0, 0.05) is 11.2 Å². The van der Waals surface area contributed by atoms with E-state index in [0.717, 1.165) is 11.8 Å². The topological polar surface area (TPSA) is 41.5 Å². The molecule has 3 nitrogen and oxygen atoms in total. The second-order valence-corrected chi connectivity index (χ2v) is 6.53. The number of nitrogens with one attached hydrogen (secondary N) is 1. The van der Waals surface area contributed by atoms with Crippen molar-refractivity contribution in [2.75, 3.05) is 0 Å². The first-order valence-electron chi connectivity index (χ1n) is 6.92. The molecular formula is C15H16Cl2N2O. The Morgan fingerprint density at radius 1 is 1.30 bits per heavy atom. The first-order chi connectivity index (χ1) is 9.63. The van der Waals surface area contributed by atoms with Crippen LogP contribution in [0.15, 0.2) is 23.3 Å². The highest BCUT2D eigenvalue weighted by molar-refractivity contribution is 6.36. The van der Waals surface area contributed by atoms with Crippen molar-refractivity contribution in [2.24, 2.45) is 22.9 Å². The lowest BCUT2D eigenvalue weighted by Crippen LogP contribution is -2.20. The number of benzene rings is 1. The Hall–Kier alpha value is -1.06. The van der Waals surface area contributed by atoms with Gasteiger partial charge in [-0.15, -0.1) is 0 Å². The fourth-order valence-electron chi connectivity index (χ4n) is 3.40. The standard InChI is InChI=1S/C15H16Cl2N2O/c16-12-3-4-13(14(17)7-12)15(20)19-18-8-11-6-9-1-2-10(11)5-9/h3-4,7-11H,1-2,5-6H2,(H,19,20)/b18-8-/t9-,10+,11-/m1/s1. The van der Waals surface area contributed by atoms with Crippen molar-refractivity contribution in [2.45, 2.75) is 25.7 Å². The number of fused-ring (bicyclic) bond motifs is 2. The number of nitrogens with zero attached hydrogens (tertiary/aromatic N) is 1. The van der Waals surface area contributed by atoms with E-state index in [1.165, 1.54) is 25.7 Å². The first-order valence-corrected chi connectivity index (χ1v) is 7.67. The van der Waals surface area contributed by atoms with Gasteiger partial charge in [-0.25, -0.2) is 5.43 Å². The number of carbonyl (C=O) groups is 1. The normalized spacial score (nSPS) is 28.2. The van der Waals surface area contributed by atoms with E-state index >= 15 is 0 Å². The Bertz CT molecular complexity index is 559. The molecule has 2 saturated carbocycles. The van der Waals surface area contributed by atoms with Gasteiger partial charge in [0.2, 0.25) is 0 Å². The molecule has 0 unspecified atom stereocenters. The third kappa shape index (κ3) is 2.84.